The van der Waals surface area contributed by atoms with E-state index in [1.165, 1.54) is 18.7 Å². The molecule has 0 radical (unpaired) electrons. The van der Waals surface area contributed by atoms with Gasteiger partial charge in [0.2, 0.25) is 0 Å². The number of nitrogens with one attached hydrogen (secondary N) is 1. The van der Waals surface area contributed by atoms with Gasteiger partial charge in [0, 0.05) is 22.6 Å². The fraction of sp³-hybridized carbons (Fsp3) is 0.0833. The molecule has 0 saturated heterocycles. The van der Waals surface area contributed by atoms with Crippen molar-refractivity contribution >= 4 is 23.5 Å². The van der Waals surface area contributed by atoms with E-state index >= 15 is 0 Å². The Balaban J connectivity index is 1.67. The van der Waals surface area contributed by atoms with E-state index in [1.54, 1.807) is 18.2 Å². The van der Waals surface area contributed by atoms with Gasteiger partial charge in [0.15, 0.2) is 5.78 Å². The number of benzene rings is 3. The standard InChI is InChI=1S/C24H19NO2S/c1-18(26)21-13-11-19(12-14-21)15-16-28-23-10-6-5-9-22(23)24(27)25-17-20-7-3-2-4-8-20/h2-14H,17H2,1H3,(H,25,27). The first-order valence-electron chi connectivity index (χ1n) is 8.83. The van der Waals surface area contributed by atoms with Crippen LogP contribution in [0.1, 0.15) is 38.8 Å². The first kappa shape index (κ1) is 19.5. The zero-order valence-electron chi connectivity index (χ0n) is 15.4. The molecule has 3 aromatic carbocycles. The van der Waals surface area contributed by atoms with Gasteiger partial charge in [-0.05, 0) is 53.8 Å². The fourth-order valence-corrected chi connectivity index (χ4v) is 3.24. The smallest absolute Gasteiger partial charge is 0.252 e. The summed E-state index contributed by atoms with van der Waals surface area (Å²) in [5.74, 6) is 2.96. The molecule has 0 aliphatic heterocycles. The molecular formula is C24H19NO2S. The van der Waals surface area contributed by atoms with Gasteiger partial charge < -0.3 is 5.32 Å². The zero-order chi connectivity index (χ0) is 19.8. The Bertz CT molecular complexity index is 1030. The molecule has 0 spiro atoms. The van der Waals surface area contributed by atoms with Gasteiger partial charge in [-0.3, -0.25) is 9.59 Å². The Labute approximate surface area is 169 Å². The second-order valence-electron chi connectivity index (χ2n) is 6.13. The van der Waals surface area contributed by atoms with Gasteiger partial charge in [-0.1, -0.05) is 60.5 Å². The fourth-order valence-electron chi connectivity index (χ4n) is 2.54. The quantitative estimate of drug-likeness (QED) is 0.385. The highest BCUT2D eigenvalue weighted by molar-refractivity contribution is 8.04. The summed E-state index contributed by atoms with van der Waals surface area (Å²) in [7, 11) is 0. The summed E-state index contributed by atoms with van der Waals surface area (Å²) >= 11 is 1.31. The van der Waals surface area contributed by atoms with Crippen molar-refractivity contribution < 1.29 is 9.59 Å². The van der Waals surface area contributed by atoms with Crippen molar-refractivity contribution in [3.63, 3.8) is 0 Å². The molecule has 4 heteroatoms. The van der Waals surface area contributed by atoms with E-state index in [9.17, 15) is 9.59 Å². The van der Waals surface area contributed by atoms with E-state index in [1.807, 2.05) is 60.7 Å². The lowest BCUT2D eigenvalue weighted by molar-refractivity contribution is 0.0947. The lowest BCUT2D eigenvalue weighted by Gasteiger charge is -2.08. The van der Waals surface area contributed by atoms with Gasteiger partial charge >= 0.3 is 0 Å². The molecule has 28 heavy (non-hydrogen) atoms. The van der Waals surface area contributed by atoms with Crippen LogP contribution in [0.4, 0.5) is 0 Å². The first-order chi connectivity index (χ1) is 13.6. The molecule has 0 unspecified atom stereocenters. The molecule has 0 saturated carbocycles. The average molecular weight is 385 g/mol. The van der Waals surface area contributed by atoms with Gasteiger partial charge in [-0.25, -0.2) is 0 Å². The molecule has 0 fully saturated rings. The molecule has 3 aromatic rings. The monoisotopic (exact) mass is 385 g/mol. The number of Topliss-reactive ketones (excluding diaryl/α,β-unsaturated/α-hetero) is 1. The van der Waals surface area contributed by atoms with E-state index in [4.69, 9.17) is 0 Å². The average Bonchev–Trinajstić information content (AvgIpc) is 2.73. The molecule has 1 N–H and O–H groups in total. The van der Waals surface area contributed by atoms with E-state index in [-0.39, 0.29) is 11.7 Å². The number of ketones is 1. The van der Waals surface area contributed by atoms with Crippen LogP contribution in [0.15, 0.2) is 83.8 Å². The Hall–Kier alpha value is -3.29. The number of carbonyl (C=O) groups is 2. The van der Waals surface area contributed by atoms with Crippen molar-refractivity contribution in [1.29, 1.82) is 0 Å². The van der Waals surface area contributed by atoms with Gasteiger partial charge in [0.05, 0.1) is 5.56 Å². The second kappa shape index (κ2) is 9.59. The summed E-state index contributed by atoms with van der Waals surface area (Å²) in [6, 6.07) is 24.4. The number of rotatable bonds is 5. The summed E-state index contributed by atoms with van der Waals surface area (Å²) in [5.41, 5.74) is 3.14. The van der Waals surface area contributed by atoms with Crippen LogP contribution in [0.2, 0.25) is 0 Å². The molecule has 0 atom stereocenters. The van der Waals surface area contributed by atoms with E-state index in [0.717, 1.165) is 16.0 Å². The maximum Gasteiger partial charge on any atom is 0.252 e. The molecule has 3 rings (SSSR count). The van der Waals surface area contributed by atoms with E-state index in [2.05, 4.69) is 16.5 Å². The molecule has 0 heterocycles. The van der Waals surface area contributed by atoms with Crippen LogP contribution in [0.3, 0.4) is 0 Å². The number of thioether (sulfide) groups is 1. The third-order valence-electron chi connectivity index (χ3n) is 4.08. The Morgan fingerprint density at radius 3 is 2.29 bits per heavy atom. The molecule has 0 bridgehead atoms. The van der Waals surface area contributed by atoms with Gasteiger partial charge in [0.1, 0.15) is 0 Å². The SMILES string of the molecule is CC(=O)c1ccc(C#CSc2ccccc2C(=O)NCc2ccccc2)cc1. The molecular weight excluding hydrogens is 366 g/mol. The van der Waals surface area contributed by atoms with Crippen LogP contribution in [0, 0.1) is 11.2 Å². The maximum absolute atomic E-state index is 12.6. The number of carbonyl (C=O) groups excluding carboxylic acids is 2. The largest absolute Gasteiger partial charge is 0.348 e. The van der Waals surface area contributed by atoms with Gasteiger partial charge in [-0.2, -0.15) is 0 Å². The highest BCUT2D eigenvalue weighted by Gasteiger charge is 2.10. The van der Waals surface area contributed by atoms with Crippen LogP contribution in [-0.4, -0.2) is 11.7 Å². The Morgan fingerprint density at radius 2 is 1.57 bits per heavy atom. The van der Waals surface area contributed by atoms with Crippen molar-refractivity contribution in [3.05, 3.63) is 101 Å². The molecule has 1 amide bonds. The predicted octanol–water partition coefficient (Wildman–Crippen LogP) is 4.92. The minimum Gasteiger partial charge on any atom is -0.348 e. The van der Waals surface area contributed by atoms with Gasteiger partial charge in [-0.15, -0.1) is 0 Å². The minimum atomic E-state index is -0.125. The molecule has 138 valence electrons. The summed E-state index contributed by atoms with van der Waals surface area (Å²) in [6.45, 7) is 2.02. The number of hydrogen-bond donors (Lipinski definition) is 1. The molecule has 0 aliphatic carbocycles. The molecule has 3 nitrogen and oxygen atoms in total. The molecule has 0 aliphatic rings. The first-order valence-corrected chi connectivity index (χ1v) is 9.65. The van der Waals surface area contributed by atoms with Crippen molar-refractivity contribution in [2.24, 2.45) is 0 Å². The zero-order valence-corrected chi connectivity index (χ0v) is 16.3. The van der Waals surface area contributed by atoms with Crippen molar-refractivity contribution in [2.75, 3.05) is 0 Å². The number of hydrogen-bond acceptors (Lipinski definition) is 3. The second-order valence-corrected chi connectivity index (χ2v) is 6.98. The van der Waals surface area contributed by atoms with Crippen molar-refractivity contribution in [3.8, 4) is 11.2 Å². The minimum absolute atomic E-state index is 0.0318. The highest BCUT2D eigenvalue weighted by Crippen LogP contribution is 2.22. The summed E-state index contributed by atoms with van der Waals surface area (Å²) < 4.78 is 0. The third kappa shape index (κ3) is 5.35. The normalized spacial score (nSPS) is 9.89. The topological polar surface area (TPSA) is 46.2 Å². The van der Waals surface area contributed by atoms with Crippen molar-refractivity contribution in [1.82, 2.24) is 5.32 Å². The van der Waals surface area contributed by atoms with Crippen LogP contribution in [0.5, 0.6) is 0 Å². The van der Waals surface area contributed by atoms with Crippen LogP contribution in [-0.2, 0) is 6.54 Å². The lowest BCUT2D eigenvalue weighted by atomic mass is 10.1. The summed E-state index contributed by atoms with van der Waals surface area (Å²) in [5, 5.41) is 5.99. The summed E-state index contributed by atoms with van der Waals surface area (Å²) in [6.07, 6.45) is 0. The highest BCUT2D eigenvalue weighted by atomic mass is 32.2. The Morgan fingerprint density at radius 1 is 0.893 bits per heavy atom. The van der Waals surface area contributed by atoms with E-state index in [0.29, 0.717) is 17.7 Å². The van der Waals surface area contributed by atoms with Crippen molar-refractivity contribution in [2.45, 2.75) is 18.4 Å². The Kier molecular flexibility index (Phi) is 6.67. The van der Waals surface area contributed by atoms with Crippen LogP contribution < -0.4 is 5.32 Å². The third-order valence-corrected chi connectivity index (χ3v) is 4.86. The summed E-state index contributed by atoms with van der Waals surface area (Å²) in [4.78, 5) is 24.7. The van der Waals surface area contributed by atoms with Crippen LogP contribution >= 0.6 is 11.8 Å². The van der Waals surface area contributed by atoms with Gasteiger partial charge in [0.25, 0.3) is 5.91 Å². The predicted molar refractivity (Wildman–Crippen MR) is 113 cm³/mol. The lowest BCUT2D eigenvalue weighted by Crippen LogP contribution is -2.23. The molecule has 0 aromatic heterocycles. The maximum atomic E-state index is 12.6. The number of amides is 1. The van der Waals surface area contributed by atoms with Crippen LogP contribution in [0.25, 0.3) is 0 Å². The van der Waals surface area contributed by atoms with E-state index < -0.39 is 0 Å².